The molecule has 0 radical (unpaired) electrons. The second kappa shape index (κ2) is 11.3. The van der Waals surface area contributed by atoms with Crippen molar-refractivity contribution in [1.82, 2.24) is 14.8 Å². The molecule has 9 nitrogen and oxygen atoms in total. The number of halogens is 2. The first-order valence-corrected chi connectivity index (χ1v) is 14.3. The molecule has 44 heavy (non-hydrogen) atoms. The zero-order chi connectivity index (χ0) is 31.2. The molecule has 2 amide bonds. The molecule has 2 heterocycles. The minimum absolute atomic E-state index is 0.195. The van der Waals surface area contributed by atoms with Gasteiger partial charge in [-0.1, -0.05) is 23.7 Å². The van der Waals surface area contributed by atoms with Crippen LogP contribution in [-0.2, 0) is 16.1 Å². The number of anilines is 2. The van der Waals surface area contributed by atoms with E-state index in [2.05, 4.69) is 4.98 Å². The van der Waals surface area contributed by atoms with Crippen LogP contribution < -0.4 is 20.1 Å². The summed E-state index contributed by atoms with van der Waals surface area (Å²) < 4.78 is 27.2. The summed E-state index contributed by atoms with van der Waals surface area (Å²) >= 11 is 6.80. The largest absolute Gasteiger partial charge is 0.497 e. The highest BCUT2D eigenvalue weighted by Gasteiger charge is 2.57. The molecule has 0 bridgehead atoms. The van der Waals surface area contributed by atoms with E-state index >= 15 is 0 Å². The number of nitrogens with zero attached hydrogens (tertiary/aromatic N) is 4. The molecule has 0 saturated heterocycles. The molecule has 2 aromatic heterocycles. The van der Waals surface area contributed by atoms with Gasteiger partial charge in [0.05, 0.1) is 35.4 Å². The third-order valence-corrected chi connectivity index (χ3v) is 8.19. The van der Waals surface area contributed by atoms with Crippen molar-refractivity contribution in [2.75, 3.05) is 12.0 Å². The van der Waals surface area contributed by atoms with E-state index in [1.165, 1.54) is 29.2 Å². The van der Waals surface area contributed by atoms with Gasteiger partial charge in [-0.3, -0.25) is 14.5 Å². The fraction of sp³-hybridized carbons (Fsp3) is 0.212. The summed E-state index contributed by atoms with van der Waals surface area (Å²) in [5.74, 6) is 0.0895. The quantitative estimate of drug-likeness (QED) is 0.187. The maximum absolute atomic E-state index is 13.8. The van der Waals surface area contributed by atoms with Crippen LogP contribution in [0.3, 0.4) is 0 Å². The van der Waals surface area contributed by atoms with Gasteiger partial charge in [0, 0.05) is 18.0 Å². The lowest BCUT2D eigenvalue weighted by Crippen LogP contribution is -2.41. The van der Waals surface area contributed by atoms with E-state index in [1.807, 2.05) is 42.8 Å². The van der Waals surface area contributed by atoms with E-state index in [9.17, 15) is 14.0 Å². The minimum Gasteiger partial charge on any atom is -0.497 e. The predicted molar refractivity (Wildman–Crippen MR) is 165 cm³/mol. The van der Waals surface area contributed by atoms with Crippen LogP contribution >= 0.6 is 11.6 Å². The maximum atomic E-state index is 13.8. The molecule has 2 N–H and O–H groups in total. The fourth-order valence-corrected chi connectivity index (χ4v) is 5.49. The normalized spacial score (nSPS) is 13.5. The zero-order valence-electron chi connectivity index (χ0n) is 24.3. The summed E-state index contributed by atoms with van der Waals surface area (Å²) in [7, 11) is 1.63. The second-order valence-corrected chi connectivity index (χ2v) is 11.2. The van der Waals surface area contributed by atoms with E-state index in [0.29, 0.717) is 53.5 Å². The summed E-state index contributed by atoms with van der Waals surface area (Å²) in [6.07, 6.45) is 2.32. The number of rotatable bonds is 9. The Bertz CT molecular complexity index is 1900. The molecule has 0 atom stereocenters. The molecule has 1 fully saturated rings. The number of methoxy groups -OCH3 is 1. The summed E-state index contributed by atoms with van der Waals surface area (Å²) in [5, 5.41) is 5.66. The molecular weight excluding hydrogens is 585 g/mol. The van der Waals surface area contributed by atoms with Crippen LogP contribution in [0.5, 0.6) is 17.2 Å². The molecule has 3 aromatic carbocycles. The van der Waals surface area contributed by atoms with Crippen molar-refractivity contribution in [1.29, 1.82) is 0 Å². The molecule has 1 saturated carbocycles. The Kier molecular flexibility index (Phi) is 7.46. The first-order chi connectivity index (χ1) is 21.1. The molecule has 5 aromatic rings. The van der Waals surface area contributed by atoms with Gasteiger partial charge in [0.2, 0.25) is 11.8 Å². The van der Waals surface area contributed by atoms with Gasteiger partial charge in [-0.25, -0.2) is 14.1 Å². The summed E-state index contributed by atoms with van der Waals surface area (Å²) in [5.41, 5.74) is 8.08. The van der Waals surface area contributed by atoms with Gasteiger partial charge in [0.1, 0.15) is 28.5 Å². The highest BCUT2D eigenvalue weighted by atomic mass is 35.5. The standard InChI is InChI=1S/C33H29ClFN5O4/c1-19-16-26(40(23-8-6-22(35)7-9-23)32(42)33(13-14-33)31(36)41)25(34)17-28(19)44-27-12-15-37-30-29(27)20(2)38-39(30)18-21-4-10-24(43-3)11-5-21/h4-12,15-17H,13-14,18H2,1-3H3,(H2,36,41). The highest BCUT2D eigenvalue weighted by Crippen LogP contribution is 2.50. The first kappa shape index (κ1) is 29.1. The number of hydrogen-bond acceptors (Lipinski definition) is 6. The topological polar surface area (TPSA) is 113 Å². The Balaban J connectivity index is 1.35. The third kappa shape index (κ3) is 5.22. The molecular formula is C33H29ClFN5O4. The van der Waals surface area contributed by atoms with Gasteiger partial charge in [-0.2, -0.15) is 5.10 Å². The molecule has 6 rings (SSSR count). The minimum atomic E-state index is -1.33. The fourth-order valence-electron chi connectivity index (χ4n) is 5.26. The highest BCUT2D eigenvalue weighted by molar-refractivity contribution is 6.34. The van der Waals surface area contributed by atoms with Gasteiger partial charge in [0.25, 0.3) is 0 Å². The Morgan fingerprint density at radius 3 is 2.39 bits per heavy atom. The van der Waals surface area contributed by atoms with Crippen molar-refractivity contribution in [3.05, 3.63) is 101 Å². The van der Waals surface area contributed by atoms with E-state index in [0.717, 1.165) is 22.4 Å². The second-order valence-electron chi connectivity index (χ2n) is 10.8. The number of benzene rings is 3. The van der Waals surface area contributed by atoms with E-state index in [1.54, 1.807) is 31.5 Å². The van der Waals surface area contributed by atoms with Crippen LogP contribution in [0.25, 0.3) is 11.0 Å². The number of carbonyl (C=O) groups is 2. The number of aromatic nitrogens is 3. The molecule has 1 aliphatic carbocycles. The molecule has 0 aliphatic heterocycles. The van der Waals surface area contributed by atoms with Crippen molar-refractivity contribution in [3.63, 3.8) is 0 Å². The lowest BCUT2D eigenvalue weighted by atomic mass is 10.0. The molecule has 11 heteroatoms. The monoisotopic (exact) mass is 613 g/mol. The average molecular weight is 614 g/mol. The number of primary amides is 1. The number of amides is 2. The van der Waals surface area contributed by atoms with Crippen LogP contribution in [0.15, 0.2) is 72.9 Å². The predicted octanol–water partition coefficient (Wildman–Crippen LogP) is 6.62. The molecule has 224 valence electrons. The van der Waals surface area contributed by atoms with Crippen molar-refractivity contribution < 1.29 is 23.5 Å². The smallest absolute Gasteiger partial charge is 0.247 e. The number of fused-ring (bicyclic) bond motifs is 1. The van der Waals surface area contributed by atoms with Crippen molar-refractivity contribution in [2.24, 2.45) is 11.1 Å². The lowest BCUT2D eigenvalue weighted by molar-refractivity contribution is -0.133. The van der Waals surface area contributed by atoms with Gasteiger partial charge in [-0.05, 0) is 86.3 Å². The summed E-state index contributed by atoms with van der Waals surface area (Å²) in [4.78, 5) is 31.9. The molecule has 1 aliphatic rings. The van der Waals surface area contributed by atoms with E-state index in [-0.39, 0.29) is 5.02 Å². The van der Waals surface area contributed by atoms with Gasteiger partial charge in [0.15, 0.2) is 5.65 Å². The van der Waals surface area contributed by atoms with Crippen LogP contribution in [0.4, 0.5) is 15.8 Å². The first-order valence-electron chi connectivity index (χ1n) is 13.9. The summed E-state index contributed by atoms with van der Waals surface area (Å²) in [6, 6.07) is 18.2. The number of nitrogens with two attached hydrogens (primary N) is 1. The SMILES string of the molecule is COc1ccc(Cn2nc(C)c3c(Oc4cc(Cl)c(N(C(=O)C5(C(N)=O)CC5)c5ccc(F)cc5)cc4C)ccnc32)cc1. The van der Waals surface area contributed by atoms with Crippen molar-refractivity contribution in [3.8, 4) is 17.2 Å². The number of ether oxygens (including phenoxy) is 2. The van der Waals surface area contributed by atoms with Crippen LogP contribution in [0.1, 0.15) is 29.7 Å². The van der Waals surface area contributed by atoms with Crippen LogP contribution in [0.2, 0.25) is 5.02 Å². The van der Waals surface area contributed by atoms with Crippen molar-refractivity contribution >= 4 is 45.8 Å². The van der Waals surface area contributed by atoms with E-state index in [4.69, 9.17) is 31.9 Å². The number of carbonyl (C=O) groups excluding carboxylic acids is 2. The van der Waals surface area contributed by atoms with Gasteiger partial charge >= 0.3 is 0 Å². The summed E-state index contributed by atoms with van der Waals surface area (Å²) in [6.45, 7) is 4.22. The lowest BCUT2D eigenvalue weighted by Gasteiger charge is -2.28. The Morgan fingerprint density at radius 1 is 1.05 bits per heavy atom. The number of aryl methyl sites for hydroxylation is 2. The van der Waals surface area contributed by atoms with Gasteiger partial charge in [-0.15, -0.1) is 0 Å². The van der Waals surface area contributed by atoms with E-state index < -0.39 is 23.0 Å². The Labute approximate surface area is 258 Å². The average Bonchev–Trinajstić information content (AvgIpc) is 3.77. The van der Waals surface area contributed by atoms with Crippen LogP contribution in [0, 0.1) is 25.1 Å². The van der Waals surface area contributed by atoms with Crippen LogP contribution in [-0.4, -0.2) is 33.7 Å². The number of pyridine rings is 1. The maximum Gasteiger partial charge on any atom is 0.247 e. The number of hydrogen-bond donors (Lipinski definition) is 1. The zero-order valence-corrected chi connectivity index (χ0v) is 25.1. The van der Waals surface area contributed by atoms with Crippen molar-refractivity contribution in [2.45, 2.75) is 33.2 Å². The third-order valence-electron chi connectivity index (χ3n) is 7.89. The molecule has 0 unspecified atom stereocenters. The van der Waals surface area contributed by atoms with Gasteiger partial charge < -0.3 is 15.2 Å². The molecule has 0 spiro atoms. The Hall–Kier alpha value is -4.96. The Morgan fingerprint density at radius 2 is 1.75 bits per heavy atom.